The van der Waals surface area contributed by atoms with Crippen LogP contribution in [0.15, 0.2) is 0 Å². The van der Waals surface area contributed by atoms with E-state index < -0.39 is 8.07 Å². The van der Waals surface area contributed by atoms with Gasteiger partial charge in [0.1, 0.15) is 0 Å². The fourth-order valence-electron chi connectivity index (χ4n) is 1.11. The molecule has 0 aliphatic carbocycles. The minimum Gasteiger partial charge on any atom is -0.466 e. The number of carbonyl (C=O) groups is 1. The number of carbonyl (C=O) groups excluding carboxylic acids is 1. The average Bonchev–Trinajstić information content (AvgIpc) is 2.12. The van der Waals surface area contributed by atoms with Crippen LogP contribution in [-0.4, -0.2) is 27.2 Å². The molecule has 0 saturated carbocycles. The maximum atomic E-state index is 11.3. The van der Waals surface area contributed by atoms with Gasteiger partial charge in [-0.2, -0.15) is 0 Å². The zero-order chi connectivity index (χ0) is 12.8. The molecule has 0 aromatic carbocycles. The summed E-state index contributed by atoms with van der Waals surface area (Å²) in [5.41, 5.74) is 5.33. The Morgan fingerprint density at radius 3 is 2.31 bits per heavy atom. The van der Waals surface area contributed by atoms with E-state index >= 15 is 0 Å². The number of hydrogen-bond donors (Lipinski definition) is 1. The zero-order valence-electron chi connectivity index (χ0n) is 11.4. The van der Waals surface area contributed by atoms with Crippen LogP contribution in [0.4, 0.5) is 0 Å². The van der Waals surface area contributed by atoms with Crippen LogP contribution in [0.25, 0.3) is 0 Å². The molecule has 4 heteroatoms. The first-order valence-electron chi connectivity index (χ1n) is 6.06. The molecule has 0 fully saturated rings. The highest BCUT2D eigenvalue weighted by Crippen LogP contribution is 2.38. The van der Waals surface area contributed by atoms with Crippen molar-refractivity contribution >= 4 is 14.0 Å². The summed E-state index contributed by atoms with van der Waals surface area (Å²) in [6.45, 7) is 12.6. The van der Waals surface area contributed by atoms with E-state index in [-0.39, 0.29) is 5.97 Å². The molecule has 0 aromatic heterocycles. The third-order valence-corrected chi connectivity index (χ3v) is 9.12. The molecular weight excluding hydrogens is 218 g/mol. The lowest BCUT2D eigenvalue weighted by molar-refractivity contribution is -0.143. The van der Waals surface area contributed by atoms with Gasteiger partial charge in [-0.1, -0.05) is 33.9 Å². The van der Waals surface area contributed by atoms with Gasteiger partial charge in [-0.05, 0) is 24.0 Å². The Hall–Kier alpha value is -0.353. The lowest BCUT2D eigenvalue weighted by atomic mass is 10.2. The van der Waals surface area contributed by atoms with Crippen LogP contribution >= 0.6 is 0 Å². The first-order chi connectivity index (χ1) is 7.20. The van der Waals surface area contributed by atoms with Crippen molar-refractivity contribution in [3.63, 3.8) is 0 Å². The number of nitrogens with two attached hydrogens (primary N) is 1. The molecular formula is C12H27NO2Si. The quantitative estimate of drug-likeness (QED) is 0.578. The molecule has 0 spiro atoms. The van der Waals surface area contributed by atoms with Gasteiger partial charge in [0.25, 0.3) is 0 Å². The molecule has 0 aliphatic heterocycles. The molecule has 0 saturated heterocycles. The molecule has 2 N–H and O–H groups in total. The minimum atomic E-state index is -1.30. The lowest BCUT2D eigenvalue weighted by Crippen LogP contribution is -2.38. The van der Waals surface area contributed by atoms with Crippen LogP contribution in [0.3, 0.4) is 0 Å². The highest BCUT2D eigenvalue weighted by atomic mass is 28.3. The van der Waals surface area contributed by atoms with Crippen LogP contribution in [0.2, 0.25) is 24.2 Å². The van der Waals surface area contributed by atoms with Gasteiger partial charge in [0.15, 0.2) is 0 Å². The van der Waals surface area contributed by atoms with E-state index in [1.54, 1.807) is 0 Å². The molecule has 0 radical (unpaired) electrons. The van der Waals surface area contributed by atoms with Crippen molar-refractivity contribution in [2.75, 3.05) is 13.2 Å². The van der Waals surface area contributed by atoms with Crippen LogP contribution in [0, 0.1) is 0 Å². The predicted molar refractivity (Wildman–Crippen MR) is 71.3 cm³/mol. The van der Waals surface area contributed by atoms with Gasteiger partial charge in [-0.3, -0.25) is 4.79 Å². The molecule has 0 aliphatic rings. The largest absolute Gasteiger partial charge is 0.466 e. The van der Waals surface area contributed by atoms with E-state index in [9.17, 15) is 4.79 Å². The van der Waals surface area contributed by atoms with Crippen LogP contribution in [0.1, 0.15) is 33.6 Å². The third kappa shape index (κ3) is 5.65. The van der Waals surface area contributed by atoms with Crippen LogP contribution in [0.5, 0.6) is 0 Å². The molecule has 0 aromatic rings. The molecule has 0 rings (SSSR count). The Labute approximate surface area is 101 Å². The van der Waals surface area contributed by atoms with Crippen molar-refractivity contribution in [1.29, 1.82) is 0 Å². The summed E-state index contributed by atoms with van der Waals surface area (Å²) >= 11 is 0. The van der Waals surface area contributed by atoms with E-state index in [1.165, 1.54) is 0 Å². The number of rotatable bonds is 6. The molecule has 96 valence electrons. The summed E-state index contributed by atoms with van der Waals surface area (Å²) in [7, 11) is -1.30. The first-order valence-corrected chi connectivity index (χ1v) is 9.27. The van der Waals surface area contributed by atoms with E-state index in [4.69, 9.17) is 10.5 Å². The Bertz CT molecular complexity index is 222. The van der Waals surface area contributed by atoms with Crippen molar-refractivity contribution in [3.05, 3.63) is 0 Å². The fraction of sp³-hybridized carbons (Fsp3) is 0.917. The standard InChI is InChI=1S/C12H27NO2Si/c1-12(2,3)16(4,5)10-9-15-11(14)7-6-8-13/h6-10,13H2,1-5H3. The summed E-state index contributed by atoms with van der Waals surface area (Å²) in [6, 6.07) is 1.03. The normalized spacial score (nSPS) is 12.6. The summed E-state index contributed by atoms with van der Waals surface area (Å²) < 4.78 is 5.22. The predicted octanol–water partition coefficient (Wildman–Crippen LogP) is 2.78. The molecule has 0 bridgehead atoms. The van der Waals surface area contributed by atoms with Gasteiger partial charge in [-0.25, -0.2) is 0 Å². The van der Waals surface area contributed by atoms with Gasteiger partial charge in [0, 0.05) is 6.42 Å². The van der Waals surface area contributed by atoms with E-state index in [2.05, 4.69) is 33.9 Å². The van der Waals surface area contributed by atoms with Crippen molar-refractivity contribution < 1.29 is 9.53 Å². The second kappa shape index (κ2) is 6.40. The Morgan fingerprint density at radius 2 is 1.88 bits per heavy atom. The van der Waals surface area contributed by atoms with Gasteiger partial charge >= 0.3 is 5.97 Å². The highest BCUT2D eigenvalue weighted by Gasteiger charge is 2.34. The summed E-state index contributed by atoms with van der Waals surface area (Å²) in [4.78, 5) is 11.3. The van der Waals surface area contributed by atoms with E-state index in [0.717, 1.165) is 12.5 Å². The van der Waals surface area contributed by atoms with Crippen molar-refractivity contribution in [3.8, 4) is 0 Å². The Morgan fingerprint density at radius 1 is 1.31 bits per heavy atom. The Balaban J connectivity index is 3.86. The maximum Gasteiger partial charge on any atom is 0.305 e. The van der Waals surface area contributed by atoms with Crippen LogP contribution < -0.4 is 5.73 Å². The molecule has 0 heterocycles. The van der Waals surface area contributed by atoms with Gasteiger partial charge < -0.3 is 10.5 Å². The zero-order valence-corrected chi connectivity index (χ0v) is 12.4. The molecule has 16 heavy (non-hydrogen) atoms. The van der Waals surface area contributed by atoms with Crippen LogP contribution in [-0.2, 0) is 9.53 Å². The van der Waals surface area contributed by atoms with E-state index in [0.29, 0.717) is 24.6 Å². The molecule has 0 atom stereocenters. The first kappa shape index (κ1) is 15.6. The maximum absolute atomic E-state index is 11.3. The molecule has 0 amide bonds. The topological polar surface area (TPSA) is 52.3 Å². The smallest absolute Gasteiger partial charge is 0.305 e. The molecule has 0 unspecified atom stereocenters. The number of esters is 1. The van der Waals surface area contributed by atoms with Gasteiger partial charge in [0.2, 0.25) is 0 Å². The average molecular weight is 245 g/mol. The summed E-state index contributed by atoms with van der Waals surface area (Å²) in [5, 5.41) is 0.358. The summed E-state index contributed by atoms with van der Waals surface area (Å²) in [5.74, 6) is -0.107. The highest BCUT2D eigenvalue weighted by molar-refractivity contribution is 6.80. The van der Waals surface area contributed by atoms with Crippen molar-refractivity contribution in [1.82, 2.24) is 0 Å². The SMILES string of the molecule is CC(C)(C)[Si](C)(C)CCOC(=O)CCCN. The van der Waals surface area contributed by atoms with Crippen molar-refractivity contribution in [2.24, 2.45) is 5.73 Å². The monoisotopic (exact) mass is 245 g/mol. The van der Waals surface area contributed by atoms with Gasteiger partial charge in [-0.15, -0.1) is 0 Å². The number of ether oxygens (including phenoxy) is 1. The Kier molecular flexibility index (Phi) is 6.26. The van der Waals surface area contributed by atoms with Gasteiger partial charge in [0.05, 0.1) is 14.7 Å². The van der Waals surface area contributed by atoms with Crippen molar-refractivity contribution in [2.45, 2.75) is 57.8 Å². The molecule has 3 nitrogen and oxygen atoms in total. The third-order valence-electron chi connectivity index (χ3n) is 3.61. The lowest BCUT2D eigenvalue weighted by Gasteiger charge is -2.36. The fourth-order valence-corrected chi connectivity index (χ4v) is 2.48. The number of hydrogen-bond acceptors (Lipinski definition) is 3. The second-order valence-corrected chi connectivity index (χ2v) is 11.8. The van der Waals surface area contributed by atoms with E-state index in [1.807, 2.05) is 0 Å². The second-order valence-electron chi connectivity index (χ2n) is 6.00. The summed E-state index contributed by atoms with van der Waals surface area (Å²) in [6.07, 6.45) is 1.17. The minimum absolute atomic E-state index is 0.107.